The monoisotopic (exact) mass is 483 g/mol. The molecular weight excluding hydrogens is 458 g/mol. The van der Waals surface area contributed by atoms with Crippen LogP contribution in [0.2, 0.25) is 5.02 Å². The number of benzene rings is 2. The predicted octanol–water partition coefficient (Wildman–Crippen LogP) is 5.74. The number of thioether (sulfide) groups is 1. The van der Waals surface area contributed by atoms with E-state index in [0.29, 0.717) is 21.5 Å². The zero-order valence-electron chi connectivity index (χ0n) is 19.0. The summed E-state index contributed by atoms with van der Waals surface area (Å²) in [4.78, 5) is 41.2. The fraction of sp³-hybridized carbons (Fsp3) is 0.320. The number of anilines is 2. The third-order valence-electron chi connectivity index (χ3n) is 6.26. The molecule has 0 spiro atoms. The first-order chi connectivity index (χ1) is 15.5. The Labute approximate surface area is 203 Å². The van der Waals surface area contributed by atoms with Crippen molar-refractivity contribution in [3.8, 4) is 0 Å². The van der Waals surface area contributed by atoms with Gasteiger partial charge in [-0.05, 0) is 91.5 Å². The molecule has 0 unspecified atom stereocenters. The Morgan fingerprint density at radius 2 is 1.91 bits per heavy atom. The van der Waals surface area contributed by atoms with E-state index < -0.39 is 17.1 Å². The number of hydrogen-bond acceptors (Lipinski definition) is 5. The minimum Gasteiger partial charge on any atom is -0.369 e. The van der Waals surface area contributed by atoms with E-state index >= 15 is 0 Å². The molecule has 2 aliphatic heterocycles. The molecule has 0 aliphatic carbocycles. The van der Waals surface area contributed by atoms with Gasteiger partial charge in [-0.15, -0.1) is 0 Å². The van der Waals surface area contributed by atoms with Crippen LogP contribution in [0.1, 0.15) is 44.2 Å². The van der Waals surface area contributed by atoms with Crippen LogP contribution >= 0.6 is 23.4 Å². The van der Waals surface area contributed by atoms with Crippen LogP contribution in [-0.4, -0.2) is 41.1 Å². The van der Waals surface area contributed by atoms with Crippen molar-refractivity contribution in [3.05, 3.63) is 63.5 Å². The lowest BCUT2D eigenvalue weighted by Gasteiger charge is -2.45. The van der Waals surface area contributed by atoms with Crippen molar-refractivity contribution in [2.45, 2.75) is 38.6 Å². The summed E-state index contributed by atoms with van der Waals surface area (Å²) in [6.07, 6.45) is 2.76. The second-order valence-electron chi connectivity index (χ2n) is 9.12. The van der Waals surface area contributed by atoms with Gasteiger partial charge in [0.1, 0.15) is 6.54 Å². The van der Waals surface area contributed by atoms with E-state index in [1.165, 1.54) is 11.3 Å². The van der Waals surface area contributed by atoms with Gasteiger partial charge in [0.15, 0.2) is 0 Å². The second kappa shape index (κ2) is 8.88. The molecule has 1 atom stereocenters. The molecule has 1 fully saturated rings. The minimum absolute atomic E-state index is 0.0726. The number of nitrogens with one attached hydrogen (secondary N) is 1. The molecule has 1 N–H and O–H groups in total. The van der Waals surface area contributed by atoms with Gasteiger partial charge in [-0.1, -0.05) is 24.6 Å². The molecule has 0 saturated carbocycles. The number of amides is 3. The summed E-state index contributed by atoms with van der Waals surface area (Å²) in [7, 11) is 2.10. The maximum Gasteiger partial charge on any atom is 0.294 e. The smallest absolute Gasteiger partial charge is 0.294 e. The predicted molar refractivity (Wildman–Crippen MR) is 135 cm³/mol. The number of fused-ring (bicyclic) bond motifs is 1. The minimum atomic E-state index is -0.458. The molecule has 3 amide bonds. The van der Waals surface area contributed by atoms with Crippen LogP contribution in [0.15, 0.2) is 47.4 Å². The number of carbonyl (C=O) groups is 3. The van der Waals surface area contributed by atoms with Gasteiger partial charge in [0.25, 0.3) is 11.1 Å². The highest BCUT2D eigenvalue weighted by Crippen LogP contribution is 2.43. The van der Waals surface area contributed by atoms with Crippen LogP contribution in [-0.2, 0) is 9.59 Å². The highest BCUT2D eigenvalue weighted by Gasteiger charge is 2.37. The van der Waals surface area contributed by atoms with Crippen LogP contribution in [0.4, 0.5) is 16.2 Å². The molecule has 172 valence electrons. The summed E-state index contributed by atoms with van der Waals surface area (Å²) < 4.78 is 0. The summed E-state index contributed by atoms with van der Waals surface area (Å²) in [6.45, 7) is 6.34. The number of rotatable bonds is 4. The molecule has 33 heavy (non-hydrogen) atoms. The summed E-state index contributed by atoms with van der Waals surface area (Å²) in [5.74, 6) is -0.527. The van der Waals surface area contributed by atoms with Gasteiger partial charge in [0, 0.05) is 29.0 Å². The van der Waals surface area contributed by atoms with E-state index in [4.69, 9.17) is 11.6 Å². The fourth-order valence-electron chi connectivity index (χ4n) is 4.35. The third-order valence-corrected chi connectivity index (χ3v) is 7.42. The Morgan fingerprint density at radius 1 is 1.21 bits per heavy atom. The Morgan fingerprint density at radius 3 is 2.61 bits per heavy atom. The van der Waals surface area contributed by atoms with E-state index in [0.717, 1.165) is 28.6 Å². The SMILES string of the molecule is C[C@@H]1CC(C)(C)N(C)c2ccc(/C=C3\SC(=O)N(CC(=O)Nc4ccc(Cl)cc4)C3=O)cc21. The molecule has 2 aromatic rings. The second-order valence-corrected chi connectivity index (χ2v) is 10.5. The Hall–Kier alpha value is -2.77. The number of halogens is 1. The van der Waals surface area contributed by atoms with Gasteiger partial charge in [-0.3, -0.25) is 19.3 Å². The first-order valence-electron chi connectivity index (χ1n) is 10.7. The zero-order chi connectivity index (χ0) is 23.9. The zero-order valence-corrected chi connectivity index (χ0v) is 20.6. The van der Waals surface area contributed by atoms with Crippen LogP contribution < -0.4 is 10.2 Å². The topological polar surface area (TPSA) is 69.7 Å². The average molecular weight is 484 g/mol. The summed E-state index contributed by atoms with van der Waals surface area (Å²) >= 11 is 6.71. The first-order valence-corrected chi connectivity index (χ1v) is 11.9. The number of hydrogen-bond donors (Lipinski definition) is 1. The van der Waals surface area contributed by atoms with Crippen molar-refractivity contribution < 1.29 is 14.4 Å². The largest absolute Gasteiger partial charge is 0.369 e. The van der Waals surface area contributed by atoms with E-state index in [9.17, 15) is 14.4 Å². The first kappa shape index (κ1) is 23.4. The maximum atomic E-state index is 12.9. The van der Waals surface area contributed by atoms with Crippen molar-refractivity contribution in [3.63, 3.8) is 0 Å². The Balaban J connectivity index is 1.49. The quantitative estimate of drug-likeness (QED) is 0.562. The molecule has 2 aromatic carbocycles. The summed E-state index contributed by atoms with van der Waals surface area (Å²) in [5, 5.41) is 2.77. The van der Waals surface area contributed by atoms with E-state index in [-0.39, 0.29) is 12.1 Å². The highest BCUT2D eigenvalue weighted by molar-refractivity contribution is 8.18. The maximum absolute atomic E-state index is 12.9. The van der Waals surface area contributed by atoms with Gasteiger partial charge >= 0.3 is 0 Å². The van der Waals surface area contributed by atoms with Crippen LogP contribution in [0.5, 0.6) is 0 Å². The van der Waals surface area contributed by atoms with Crippen molar-refractivity contribution in [1.29, 1.82) is 0 Å². The lowest BCUT2D eigenvalue weighted by Crippen LogP contribution is -2.45. The van der Waals surface area contributed by atoms with Crippen molar-refractivity contribution >= 4 is 57.9 Å². The van der Waals surface area contributed by atoms with E-state index in [2.05, 4.69) is 50.2 Å². The van der Waals surface area contributed by atoms with Crippen LogP contribution in [0.25, 0.3) is 6.08 Å². The molecule has 0 bridgehead atoms. The highest BCUT2D eigenvalue weighted by atomic mass is 35.5. The normalized spacial score (nSPS) is 20.9. The van der Waals surface area contributed by atoms with Gasteiger partial charge in [-0.25, -0.2) is 0 Å². The van der Waals surface area contributed by atoms with E-state index in [1.54, 1.807) is 30.3 Å². The molecule has 8 heteroatoms. The van der Waals surface area contributed by atoms with Crippen molar-refractivity contribution in [2.24, 2.45) is 0 Å². The molecule has 2 heterocycles. The molecule has 6 nitrogen and oxygen atoms in total. The van der Waals surface area contributed by atoms with Crippen molar-refractivity contribution in [1.82, 2.24) is 4.90 Å². The molecule has 1 saturated heterocycles. The van der Waals surface area contributed by atoms with Crippen molar-refractivity contribution in [2.75, 3.05) is 23.8 Å². The fourth-order valence-corrected chi connectivity index (χ4v) is 5.31. The lowest BCUT2D eigenvalue weighted by atomic mass is 9.80. The summed E-state index contributed by atoms with van der Waals surface area (Å²) in [5.41, 5.74) is 3.89. The van der Waals surface area contributed by atoms with Crippen LogP contribution in [0, 0.1) is 0 Å². The molecule has 4 rings (SSSR count). The standard InChI is InChI=1S/C25H26ClN3O3S/c1-15-13-25(2,3)28(4)20-10-5-16(11-19(15)20)12-21-23(31)29(24(32)33-21)14-22(30)27-18-8-6-17(26)7-9-18/h5-12,15H,13-14H2,1-4H3,(H,27,30)/b21-12-/t15-/m1/s1. The van der Waals surface area contributed by atoms with E-state index in [1.807, 2.05) is 6.07 Å². The summed E-state index contributed by atoms with van der Waals surface area (Å²) in [6, 6.07) is 12.7. The Kier molecular flexibility index (Phi) is 6.29. The number of nitrogens with zero attached hydrogens (tertiary/aromatic N) is 2. The molecule has 2 aliphatic rings. The molecular formula is C25H26ClN3O3S. The third kappa shape index (κ3) is 4.80. The number of imide groups is 1. The molecule has 0 aromatic heterocycles. The van der Waals surface area contributed by atoms with Gasteiger partial charge < -0.3 is 10.2 Å². The van der Waals surface area contributed by atoms with Crippen LogP contribution in [0.3, 0.4) is 0 Å². The van der Waals surface area contributed by atoms with Gasteiger partial charge in [0.05, 0.1) is 4.91 Å². The lowest BCUT2D eigenvalue weighted by molar-refractivity contribution is -0.127. The number of carbonyl (C=O) groups excluding carboxylic acids is 3. The van der Waals surface area contributed by atoms with Gasteiger partial charge in [0.2, 0.25) is 5.91 Å². The molecule has 0 radical (unpaired) electrons. The van der Waals surface area contributed by atoms with Gasteiger partial charge in [-0.2, -0.15) is 0 Å². The average Bonchev–Trinajstić information content (AvgIpc) is 3.01. The Bertz CT molecular complexity index is 1160.